The highest BCUT2D eigenvalue weighted by Gasteiger charge is 2.28. The molecule has 4 N–H and O–H groups in total. The third-order valence-corrected chi connectivity index (χ3v) is 9.21. The standard InChI is InChI=1S/C27H35ClN6O4S/c1-15(2)39(36,37)25(29)23(14-30-4)32-26-21(28)13-31-27(34-26)33-22-11-16(3)20(12-24(22)38-19-9-10-19)17-5-7-18(35)8-6-17/h11-15,17,19H,5-10,29H2,1-4H3,(H2,31,32,33,34). The fourth-order valence-electron chi connectivity index (χ4n) is 4.41. The molecule has 0 bridgehead atoms. The van der Waals surface area contributed by atoms with Gasteiger partial charge in [-0.1, -0.05) is 11.6 Å². The van der Waals surface area contributed by atoms with Crippen molar-refractivity contribution < 1.29 is 17.9 Å². The van der Waals surface area contributed by atoms with E-state index >= 15 is 0 Å². The minimum Gasteiger partial charge on any atom is -0.488 e. The molecule has 0 amide bonds. The van der Waals surface area contributed by atoms with E-state index in [2.05, 4.69) is 31.7 Å². The highest BCUT2D eigenvalue weighted by Crippen LogP contribution is 2.41. The Kier molecular flexibility index (Phi) is 8.80. The van der Waals surface area contributed by atoms with Crippen LogP contribution in [-0.4, -0.2) is 48.8 Å². The molecule has 0 atom stereocenters. The third kappa shape index (κ3) is 6.88. The molecule has 210 valence electrons. The maximum Gasteiger partial charge on any atom is 0.229 e. The Balaban J connectivity index is 1.65. The van der Waals surface area contributed by atoms with Crippen LogP contribution in [0.5, 0.6) is 5.75 Å². The van der Waals surface area contributed by atoms with Gasteiger partial charge in [0, 0.05) is 26.1 Å². The van der Waals surface area contributed by atoms with Crippen molar-refractivity contribution in [3.8, 4) is 5.75 Å². The Hall–Kier alpha value is -3.18. The summed E-state index contributed by atoms with van der Waals surface area (Å²) in [5.74, 6) is 1.74. The van der Waals surface area contributed by atoms with Crippen molar-refractivity contribution in [3.63, 3.8) is 0 Å². The van der Waals surface area contributed by atoms with Crippen LogP contribution in [0.25, 0.3) is 0 Å². The second-order valence-electron chi connectivity index (χ2n) is 10.2. The van der Waals surface area contributed by atoms with Crippen LogP contribution in [0.1, 0.15) is 69.4 Å². The maximum atomic E-state index is 12.7. The zero-order chi connectivity index (χ0) is 28.3. The molecule has 0 saturated heterocycles. The molecule has 4 rings (SSSR count). The van der Waals surface area contributed by atoms with Crippen molar-refractivity contribution in [1.82, 2.24) is 9.97 Å². The van der Waals surface area contributed by atoms with Gasteiger partial charge in [0.2, 0.25) is 5.95 Å². The van der Waals surface area contributed by atoms with Crippen LogP contribution in [0.3, 0.4) is 0 Å². The number of halogens is 1. The van der Waals surface area contributed by atoms with Crippen LogP contribution in [0, 0.1) is 6.92 Å². The van der Waals surface area contributed by atoms with Gasteiger partial charge in [-0.25, -0.2) is 13.4 Å². The lowest BCUT2D eigenvalue weighted by molar-refractivity contribution is -0.120. The number of ether oxygens (including phenoxy) is 1. The van der Waals surface area contributed by atoms with Gasteiger partial charge in [-0.2, -0.15) is 4.98 Å². The second-order valence-corrected chi connectivity index (χ2v) is 13.1. The van der Waals surface area contributed by atoms with E-state index < -0.39 is 15.1 Å². The Morgan fingerprint density at radius 2 is 1.92 bits per heavy atom. The Bertz CT molecular complexity index is 1410. The predicted octanol–water partition coefficient (Wildman–Crippen LogP) is 5.01. The summed E-state index contributed by atoms with van der Waals surface area (Å²) in [5.41, 5.74) is 9.06. The molecule has 0 spiro atoms. The summed E-state index contributed by atoms with van der Waals surface area (Å²) in [4.78, 5) is 24.5. The van der Waals surface area contributed by atoms with Crippen LogP contribution in [-0.2, 0) is 14.6 Å². The molecule has 1 heterocycles. The quantitative estimate of drug-likeness (QED) is 0.333. The first-order valence-corrected chi connectivity index (χ1v) is 15.0. The number of nitrogens with zero attached hydrogens (tertiary/aromatic N) is 3. The number of nitrogens with one attached hydrogen (secondary N) is 2. The molecule has 1 aromatic heterocycles. The van der Waals surface area contributed by atoms with E-state index in [-0.39, 0.29) is 33.6 Å². The first-order chi connectivity index (χ1) is 18.5. The first kappa shape index (κ1) is 28.8. The van der Waals surface area contributed by atoms with E-state index in [1.165, 1.54) is 25.0 Å². The SMILES string of the molecule is CN=CC(Nc1nc(Nc2cc(C)c(C3CCC(=O)CC3)cc2OC2CC2)ncc1Cl)=C(N)S(=O)(=O)C(C)C. The molecule has 10 nitrogen and oxygen atoms in total. The number of ketones is 1. The van der Waals surface area contributed by atoms with Crippen LogP contribution in [0.2, 0.25) is 5.02 Å². The molecule has 2 fully saturated rings. The van der Waals surface area contributed by atoms with E-state index in [9.17, 15) is 13.2 Å². The summed E-state index contributed by atoms with van der Waals surface area (Å²) in [6.45, 7) is 5.14. The minimum atomic E-state index is -3.76. The van der Waals surface area contributed by atoms with Gasteiger partial charge in [-0.3, -0.25) is 9.79 Å². The molecule has 2 aliphatic rings. The van der Waals surface area contributed by atoms with Crippen molar-refractivity contribution in [2.75, 3.05) is 17.7 Å². The van der Waals surface area contributed by atoms with Gasteiger partial charge in [-0.15, -0.1) is 0 Å². The van der Waals surface area contributed by atoms with E-state index in [1.54, 1.807) is 13.8 Å². The molecule has 0 unspecified atom stereocenters. The summed E-state index contributed by atoms with van der Waals surface area (Å²) in [5, 5.41) is 5.23. The van der Waals surface area contributed by atoms with Crippen molar-refractivity contribution >= 4 is 50.9 Å². The number of allylic oxidation sites excluding steroid dienone is 1. The number of aromatic nitrogens is 2. The Morgan fingerprint density at radius 3 is 2.54 bits per heavy atom. The molecule has 2 saturated carbocycles. The summed E-state index contributed by atoms with van der Waals surface area (Å²) in [6, 6.07) is 4.08. The number of sulfone groups is 1. The number of carbonyl (C=O) groups excluding carboxylic acids is 1. The number of hydrogen-bond acceptors (Lipinski definition) is 10. The van der Waals surface area contributed by atoms with Gasteiger partial charge < -0.3 is 21.1 Å². The molecule has 39 heavy (non-hydrogen) atoms. The number of rotatable bonds is 10. The van der Waals surface area contributed by atoms with Crippen LogP contribution in [0.15, 0.2) is 34.0 Å². The number of benzene rings is 1. The topological polar surface area (TPSA) is 149 Å². The molecule has 0 aliphatic heterocycles. The smallest absolute Gasteiger partial charge is 0.229 e. The average Bonchev–Trinajstić information content (AvgIpc) is 3.71. The number of hydrogen-bond donors (Lipinski definition) is 3. The molecule has 2 aromatic rings. The Morgan fingerprint density at radius 1 is 1.23 bits per heavy atom. The first-order valence-electron chi connectivity index (χ1n) is 13.0. The normalized spacial score (nSPS) is 17.4. The van der Waals surface area contributed by atoms with Crippen molar-refractivity contribution in [1.29, 1.82) is 0 Å². The zero-order valence-electron chi connectivity index (χ0n) is 22.6. The number of anilines is 3. The van der Waals surface area contributed by atoms with Crippen molar-refractivity contribution in [2.45, 2.75) is 76.6 Å². The maximum absolute atomic E-state index is 12.7. The monoisotopic (exact) mass is 574 g/mol. The highest BCUT2D eigenvalue weighted by atomic mass is 35.5. The molecular weight excluding hydrogens is 540 g/mol. The summed E-state index contributed by atoms with van der Waals surface area (Å²) in [6.07, 6.45) is 7.80. The van der Waals surface area contributed by atoms with Crippen LogP contribution < -0.4 is 21.1 Å². The Labute approximate surface area is 234 Å². The number of aryl methyl sites for hydroxylation is 1. The molecule has 0 radical (unpaired) electrons. The van der Waals surface area contributed by atoms with Gasteiger partial charge in [0.15, 0.2) is 20.7 Å². The van der Waals surface area contributed by atoms with E-state index in [4.69, 9.17) is 22.1 Å². The largest absolute Gasteiger partial charge is 0.488 e. The fourth-order valence-corrected chi connectivity index (χ4v) is 5.47. The van der Waals surface area contributed by atoms with Crippen molar-refractivity contribution in [3.05, 3.63) is 45.2 Å². The average molecular weight is 575 g/mol. The third-order valence-electron chi connectivity index (χ3n) is 6.86. The van der Waals surface area contributed by atoms with E-state index in [0.717, 1.165) is 31.2 Å². The lowest BCUT2D eigenvalue weighted by Crippen LogP contribution is -2.25. The second kappa shape index (κ2) is 11.9. The van der Waals surface area contributed by atoms with Gasteiger partial charge in [0.25, 0.3) is 0 Å². The number of Topliss-reactive ketones (excluding diaryl/α,β-unsaturated/α-hetero) is 1. The number of carbonyl (C=O) groups is 1. The minimum absolute atomic E-state index is 0.0571. The summed E-state index contributed by atoms with van der Waals surface area (Å²) in [7, 11) is -2.25. The fraction of sp³-hybridized carbons (Fsp3) is 0.481. The lowest BCUT2D eigenvalue weighted by atomic mass is 9.81. The van der Waals surface area contributed by atoms with E-state index in [0.29, 0.717) is 36.0 Å². The summed E-state index contributed by atoms with van der Waals surface area (Å²) < 4.78 is 31.6. The molecule has 2 aliphatic carbocycles. The van der Waals surface area contributed by atoms with Gasteiger partial charge in [-0.05, 0) is 75.6 Å². The zero-order valence-corrected chi connectivity index (χ0v) is 24.2. The molecule has 12 heteroatoms. The molecular formula is C27H35ClN6O4S. The van der Waals surface area contributed by atoms with E-state index in [1.807, 2.05) is 13.0 Å². The van der Waals surface area contributed by atoms with Crippen molar-refractivity contribution in [2.24, 2.45) is 10.7 Å². The van der Waals surface area contributed by atoms with Gasteiger partial charge >= 0.3 is 0 Å². The predicted molar refractivity (Wildman–Crippen MR) is 155 cm³/mol. The van der Waals surface area contributed by atoms with Crippen LogP contribution >= 0.6 is 11.6 Å². The van der Waals surface area contributed by atoms with Crippen LogP contribution in [0.4, 0.5) is 17.5 Å². The number of aliphatic imine (C=N–C) groups is 1. The highest BCUT2D eigenvalue weighted by molar-refractivity contribution is 7.95. The molecule has 1 aromatic carbocycles. The summed E-state index contributed by atoms with van der Waals surface area (Å²) >= 11 is 6.35. The number of nitrogens with two attached hydrogens (primary N) is 1. The van der Waals surface area contributed by atoms with Gasteiger partial charge in [0.05, 0.1) is 28.9 Å². The van der Waals surface area contributed by atoms with Gasteiger partial charge in [0.1, 0.15) is 16.6 Å². The lowest BCUT2D eigenvalue weighted by Gasteiger charge is -2.25.